The molecule has 3 N–H and O–H groups in total. The summed E-state index contributed by atoms with van der Waals surface area (Å²) < 4.78 is 2.13. The Balaban J connectivity index is 2.33. The van der Waals surface area contributed by atoms with Gasteiger partial charge < -0.3 is 15.6 Å². The average Bonchev–Trinajstić information content (AvgIpc) is 2.56. The molecule has 4 nitrogen and oxygen atoms in total. The van der Waals surface area contributed by atoms with Crippen LogP contribution in [0.3, 0.4) is 0 Å². The first-order chi connectivity index (χ1) is 8.84. The predicted molar refractivity (Wildman–Crippen MR) is 76.9 cm³/mol. The number of hydrogen-bond donors (Lipinski definition) is 2. The van der Waals surface area contributed by atoms with Gasteiger partial charge in [0, 0.05) is 24.0 Å². The van der Waals surface area contributed by atoms with Crippen molar-refractivity contribution in [1.82, 2.24) is 9.88 Å². The van der Waals surface area contributed by atoms with Gasteiger partial charge >= 0.3 is 0 Å². The van der Waals surface area contributed by atoms with Gasteiger partial charge in [0.2, 0.25) is 5.91 Å². The Hall–Kier alpha value is -1.29. The van der Waals surface area contributed by atoms with E-state index in [4.69, 9.17) is 5.73 Å². The van der Waals surface area contributed by atoms with Gasteiger partial charge in [-0.3, -0.25) is 4.79 Å². The second kappa shape index (κ2) is 5.00. The Kier molecular flexibility index (Phi) is 3.72. The standard InChI is InChI=1S/C15H25N3O/c1-5-17-14(19)9-18-10(2)6-11-12(16)7-15(3,4)8-13(11)18/h6,12H,5,7-9,16H2,1-4H3,(H,17,19). The minimum atomic E-state index is 0.0703. The number of nitrogens with zero attached hydrogens (tertiary/aromatic N) is 1. The number of hydrogen-bond acceptors (Lipinski definition) is 2. The Morgan fingerprint density at radius 2 is 2.26 bits per heavy atom. The molecule has 1 amide bonds. The Bertz CT molecular complexity index is 488. The number of carbonyl (C=O) groups excluding carboxylic acids is 1. The van der Waals surface area contributed by atoms with Gasteiger partial charge in [-0.1, -0.05) is 13.8 Å². The minimum Gasteiger partial charge on any atom is -0.355 e. The van der Waals surface area contributed by atoms with Crippen molar-refractivity contribution in [1.29, 1.82) is 0 Å². The second-order valence-corrected chi connectivity index (χ2v) is 6.38. The summed E-state index contributed by atoms with van der Waals surface area (Å²) in [7, 11) is 0. The quantitative estimate of drug-likeness (QED) is 0.875. The lowest BCUT2D eigenvalue weighted by atomic mass is 9.74. The van der Waals surface area contributed by atoms with Gasteiger partial charge in [-0.25, -0.2) is 0 Å². The first-order valence-electron chi connectivity index (χ1n) is 7.05. The zero-order chi connectivity index (χ0) is 14.2. The molecular weight excluding hydrogens is 238 g/mol. The summed E-state index contributed by atoms with van der Waals surface area (Å²) in [6.07, 6.45) is 1.99. The Labute approximate surface area is 115 Å². The van der Waals surface area contributed by atoms with Crippen LogP contribution in [0.5, 0.6) is 0 Å². The van der Waals surface area contributed by atoms with E-state index in [9.17, 15) is 4.79 Å². The molecule has 0 saturated heterocycles. The fourth-order valence-corrected chi connectivity index (χ4v) is 3.12. The molecule has 1 aromatic rings. The van der Waals surface area contributed by atoms with Crippen molar-refractivity contribution in [3.63, 3.8) is 0 Å². The molecule has 1 heterocycles. The van der Waals surface area contributed by atoms with Gasteiger partial charge in [0.05, 0.1) is 0 Å². The number of aryl methyl sites for hydroxylation is 1. The number of nitrogens with one attached hydrogen (secondary N) is 1. The van der Waals surface area contributed by atoms with Crippen molar-refractivity contribution in [3.8, 4) is 0 Å². The molecule has 1 unspecified atom stereocenters. The average molecular weight is 263 g/mol. The first kappa shape index (κ1) is 14.1. The van der Waals surface area contributed by atoms with Crippen LogP contribution < -0.4 is 11.1 Å². The van der Waals surface area contributed by atoms with E-state index in [0.29, 0.717) is 13.1 Å². The minimum absolute atomic E-state index is 0.0703. The molecule has 0 aromatic carbocycles. The van der Waals surface area contributed by atoms with Crippen LogP contribution in [-0.2, 0) is 17.8 Å². The van der Waals surface area contributed by atoms with Gasteiger partial charge in [-0.2, -0.15) is 0 Å². The molecule has 106 valence electrons. The van der Waals surface area contributed by atoms with Crippen molar-refractivity contribution < 1.29 is 4.79 Å². The maximum Gasteiger partial charge on any atom is 0.239 e. The lowest BCUT2D eigenvalue weighted by Gasteiger charge is -2.34. The van der Waals surface area contributed by atoms with Crippen LogP contribution >= 0.6 is 0 Å². The number of rotatable bonds is 3. The van der Waals surface area contributed by atoms with E-state index in [0.717, 1.165) is 18.5 Å². The number of likely N-dealkylation sites (N-methyl/N-ethyl adjacent to an activating group) is 1. The van der Waals surface area contributed by atoms with Crippen molar-refractivity contribution in [2.45, 2.75) is 53.1 Å². The maximum absolute atomic E-state index is 11.8. The molecule has 0 bridgehead atoms. The first-order valence-corrected chi connectivity index (χ1v) is 7.05. The molecule has 0 radical (unpaired) electrons. The molecule has 1 atom stereocenters. The summed E-state index contributed by atoms with van der Waals surface area (Å²) in [5.74, 6) is 0.0703. The van der Waals surface area contributed by atoms with Gasteiger partial charge in [-0.15, -0.1) is 0 Å². The van der Waals surface area contributed by atoms with E-state index in [1.165, 1.54) is 11.3 Å². The molecular formula is C15H25N3O. The summed E-state index contributed by atoms with van der Waals surface area (Å²) in [6.45, 7) is 9.56. The third-order valence-corrected chi connectivity index (χ3v) is 3.94. The zero-order valence-electron chi connectivity index (χ0n) is 12.4. The molecule has 0 saturated carbocycles. The number of fused-ring (bicyclic) bond motifs is 1. The molecule has 1 aliphatic carbocycles. The molecule has 0 fully saturated rings. The fraction of sp³-hybridized carbons (Fsp3) is 0.667. The van der Waals surface area contributed by atoms with Crippen LogP contribution in [0.4, 0.5) is 0 Å². The van der Waals surface area contributed by atoms with Crippen LogP contribution in [0.15, 0.2) is 6.07 Å². The summed E-state index contributed by atoms with van der Waals surface area (Å²) in [6, 6.07) is 2.24. The van der Waals surface area contributed by atoms with E-state index in [2.05, 4.69) is 36.7 Å². The molecule has 1 aliphatic rings. The maximum atomic E-state index is 11.8. The van der Waals surface area contributed by atoms with Gasteiger partial charge in [0.1, 0.15) is 6.54 Å². The van der Waals surface area contributed by atoms with E-state index < -0.39 is 0 Å². The van der Waals surface area contributed by atoms with Crippen molar-refractivity contribution >= 4 is 5.91 Å². The van der Waals surface area contributed by atoms with Crippen LogP contribution in [0.25, 0.3) is 0 Å². The largest absolute Gasteiger partial charge is 0.355 e. The molecule has 0 aliphatic heterocycles. The third-order valence-electron chi connectivity index (χ3n) is 3.94. The van der Waals surface area contributed by atoms with E-state index in [1.807, 2.05) is 6.92 Å². The van der Waals surface area contributed by atoms with Crippen LogP contribution in [0.2, 0.25) is 0 Å². The van der Waals surface area contributed by atoms with Crippen molar-refractivity contribution in [3.05, 3.63) is 23.0 Å². The van der Waals surface area contributed by atoms with Crippen LogP contribution in [0.1, 0.15) is 50.2 Å². The van der Waals surface area contributed by atoms with E-state index in [1.54, 1.807) is 0 Å². The smallest absolute Gasteiger partial charge is 0.239 e. The molecule has 0 spiro atoms. The number of carbonyl (C=O) groups is 1. The molecule has 19 heavy (non-hydrogen) atoms. The lowest BCUT2D eigenvalue weighted by molar-refractivity contribution is -0.121. The number of amides is 1. The highest BCUT2D eigenvalue weighted by Crippen LogP contribution is 2.40. The number of nitrogens with two attached hydrogens (primary N) is 1. The highest BCUT2D eigenvalue weighted by atomic mass is 16.1. The molecule has 2 rings (SSSR count). The van der Waals surface area contributed by atoms with Crippen LogP contribution in [-0.4, -0.2) is 17.0 Å². The summed E-state index contributed by atoms with van der Waals surface area (Å²) in [4.78, 5) is 11.8. The predicted octanol–water partition coefficient (Wildman–Crippen LogP) is 1.90. The topological polar surface area (TPSA) is 60.0 Å². The lowest BCUT2D eigenvalue weighted by Crippen LogP contribution is -2.33. The van der Waals surface area contributed by atoms with Crippen molar-refractivity contribution in [2.75, 3.05) is 6.54 Å². The van der Waals surface area contributed by atoms with Crippen molar-refractivity contribution in [2.24, 2.45) is 11.1 Å². The van der Waals surface area contributed by atoms with Crippen LogP contribution in [0, 0.1) is 12.3 Å². The zero-order valence-corrected chi connectivity index (χ0v) is 12.4. The summed E-state index contributed by atoms with van der Waals surface area (Å²) >= 11 is 0. The summed E-state index contributed by atoms with van der Waals surface area (Å²) in [5, 5.41) is 2.86. The highest BCUT2D eigenvalue weighted by Gasteiger charge is 2.33. The number of aromatic nitrogens is 1. The van der Waals surface area contributed by atoms with E-state index in [-0.39, 0.29) is 17.4 Å². The van der Waals surface area contributed by atoms with Gasteiger partial charge in [0.25, 0.3) is 0 Å². The van der Waals surface area contributed by atoms with Gasteiger partial charge in [0.15, 0.2) is 0 Å². The highest BCUT2D eigenvalue weighted by molar-refractivity contribution is 5.76. The van der Waals surface area contributed by atoms with E-state index >= 15 is 0 Å². The SMILES string of the molecule is CCNC(=O)Cn1c(C)cc2c1CC(C)(C)CC2N. The monoisotopic (exact) mass is 263 g/mol. The molecule has 4 heteroatoms. The summed E-state index contributed by atoms with van der Waals surface area (Å²) in [5.41, 5.74) is 10.1. The Morgan fingerprint density at radius 3 is 2.89 bits per heavy atom. The third kappa shape index (κ3) is 2.84. The Morgan fingerprint density at radius 1 is 1.58 bits per heavy atom. The molecule has 1 aromatic heterocycles. The normalized spacial score (nSPS) is 21.0. The fourth-order valence-electron chi connectivity index (χ4n) is 3.12. The van der Waals surface area contributed by atoms with Gasteiger partial charge in [-0.05, 0) is 43.7 Å². The second-order valence-electron chi connectivity index (χ2n) is 6.38.